The first-order valence-corrected chi connectivity index (χ1v) is 24.6. The third kappa shape index (κ3) is 21.8. The van der Waals surface area contributed by atoms with Crippen molar-refractivity contribution < 1.29 is 78.6 Å². The second-order valence-electron chi connectivity index (χ2n) is 18.2. The average Bonchev–Trinajstić information content (AvgIpc) is 4.06. The second kappa shape index (κ2) is 30.9. The van der Waals surface area contributed by atoms with Gasteiger partial charge in [0.15, 0.2) is 0 Å². The molecule has 0 atom stereocenters. The first kappa shape index (κ1) is 67.2. The van der Waals surface area contributed by atoms with Gasteiger partial charge in [-0.05, 0) is 89.3 Å². The molecule has 26 heteroatoms. The number of imidazole rings is 4. The van der Waals surface area contributed by atoms with Crippen LogP contribution in [0.4, 0.5) is 34.5 Å². The van der Waals surface area contributed by atoms with Gasteiger partial charge < -0.3 is 75.4 Å². The summed E-state index contributed by atoms with van der Waals surface area (Å²) in [4.78, 5) is 35.7. The van der Waals surface area contributed by atoms with Gasteiger partial charge in [-0.15, -0.1) is 6.10 Å². The van der Waals surface area contributed by atoms with Gasteiger partial charge in [0.1, 0.15) is 23.3 Å². The standard InChI is InChI=1S/C43H49N10O.C4H10S.C3H7NO.2BF4.2Fe/c1-5-50-36-21-13-9-17-32(36)44-40(50)27-48(28-41-45-33-18-10-14-22-37(33)51(41)6-2)25-31(54)26-49(29-42-46-34-19-11-15-23-38(34)52(42)7-3)30-43-47-35-20-12-16-24-39(35)53(43)8-4;1-4(2,3)5;1-4(2)3-5;2*2-1(3,4)5;;/h9-24,31H,5-8,25-30H2,1-4H3;5H,1-3H3;3H,1-2H3;;;;/q-1;;;2*-1;2*+2/p-1. The second-order valence-corrected chi connectivity index (χ2v) is 19.4. The summed E-state index contributed by atoms with van der Waals surface area (Å²) < 4.78 is 87.1. The Morgan fingerprint density at radius 3 is 0.868 bits per heavy atom. The van der Waals surface area contributed by atoms with E-state index < -0.39 is 20.6 Å². The largest absolute Gasteiger partial charge is 2.00 e. The van der Waals surface area contributed by atoms with Crippen molar-refractivity contribution in [2.75, 3.05) is 27.2 Å². The Kier molecular flexibility index (Phi) is 27.3. The predicted octanol–water partition coefficient (Wildman–Crippen LogP) is 10.2. The first-order chi connectivity index (χ1) is 34.7. The Morgan fingerprint density at radius 1 is 0.513 bits per heavy atom. The van der Waals surface area contributed by atoms with Crippen LogP contribution in [0.25, 0.3) is 44.1 Å². The Labute approximate surface area is 466 Å². The molecule has 0 aliphatic heterocycles. The van der Waals surface area contributed by atoms with Gasteiger partial charge in [-0.25, -0.2) is 19.9 Å². The molecule has 4 heterocycles. The van der Waals surface area contributed by atoms with Crippen LogP contribution in [-0.2, 0) is 104 Å². The minimum absolute atomic E-state index is 0. The molecule has 8 rings (SSSR count). The zero-order valence-electron chi connectivity index (χ0n) is 44.0. The van der Waals surface area contributed by atoms with E-state index >= 15 is 0 Å². The number of rotatable bonds is 17. The summed E-state index contributed by atoms with van der Waals surface area (Å²) in [5.41, 5.74) is 8.32. The van der Waals surface area contributed by atoms with Crippen molar-refractivity contribution in [1.82, 2.24) is 52.9 Å². The number of aromatic nitrogens is 8. The Hall–Kier alpha value is -4.93. The molecule has 0 aliphatic carbocycles. The van der Waals surface area contributed by atoms with Gasteiger partial charge in [0.05, 0.1) is 70.3 Å². The van der Waals surface area contributed by atoms with E-state index in [1.165, 1.54) is 4.90 Å². The van der Waals surface area contributed by atoms with Crippen LogP contribution in [0.15, 0.2) is 97.1 Å². The fraction of sp³-hybridized carbons (Fsp3) is 0.420. The van der Waals surface area contributed by atoms with Crippen LogP contribution in [0.5, 0.6) is 0 Å². The average molecular weight is 1170 g/mol. The molecule has 0 aliphatic rings. The number of para-hydroxylation sites is 8. The van der Waals surface area contributed by atoms with Crippen molar-refractivity contribution in [3.63, 3.8) is 0 Å². The number of aryl methyl sites for hydroxylation is 4. The maximum atomic E-state index is 14.6. The van der Waals surface area contributed by atoms with Gasteiger partial charge in [-0.3, -0.25) is 14.6 Å². The van der Waals surface area contributed by atoms with Crippen molar-refractivity contribution >= 4 is 77.7 Å². The van der Waals surface area contributed by atoms with E-state index in [9.17, 15) is 44.4 Å². The summed E-state index contributed by atoms with van der Waals surface area (Å²) >= 11 is 4.83. The van der Waals surface area contributed by atoms with Crippen LogP contribution >= 0.6 is 0 Å². The molecule has 416 valence electrons. The maximum absolute atomic E-state index is 14.6. The number of halogens is 8. The van der Waals surface area contributed by atoms with Crippen molar-refractivity contribution in [2.45, 2.75) is 112 Å². The number of nitrogens with zero attached hydrogens (tertiary/aromatic N) is 11. The van der Waals surface area contributed by atoms with Gasteiger partial charge >= 0.3 is 48.6 Å². The number of benzene rings is 4. The van der Waals surface area contributed by atoms with Crippen LogP contribution in [0.1, 0.15) is 71.8 Å². The first-order valence-electron chi connectivity index (χ1n) is 24.2. The smallest absolute Gasteiger partial charge is 0.850 e. The summed E-state index contributed by atoms with van der Waals surface area (Å²) in [7, 11) is -8.62. The topological polar surface area (TPSA) is 121 Å². The van der Waals surface area contributed by atoms with Crippen LogP contribution < -0.4 is 5.11 Å². The molecule has 0 saturated heterocycles. The van der Waals surface area contributed by atoms with E-state index in [1.807, 2.05) is 45.0 Å². The molecule has 4 aromatic carbocycles. The van der Waals surface area contributed by atoms with Gasteiger partial charge in [0, 0.05) is 40.3 Å². The predicted molar refractivity (Wildman–Crippen MR) is 281 cm³/mol. The normalized spacial score (nSPS) is 11.6. The number of amides is 1. The SMILES string of the molecule is CC(C)(C)[S-].CCn1c(CN(Cc2nc3ccccc3n2CC)CC([O-])CN(Cc2nc3ccccc3n2CC)Cc2nc3ccccc3n2CC)nc2ccccc21.CN(C)C=O.F[B-](F)(F)F.F[B-](F)(F)F.[Fe+2].[Fe+2]. The molecule has 0 bridgehead atoms. The molecule has 0 saturated carbocycles. The minimum Gasteiger partial charge on any atom is -0.850 e. The van der Waals surface area contributed by atoms with Crippen molar-refractivity contribution in [2.24, 2.45) is 0 Å². The Balaban J connectivity index is 0.000000770. The molecule has 4 aromatic heterocycles. The quantitative estimate of drug-likeness (QED) is 0.0380. The van der Waals surface area contributed by atoms with E-state index in [4.69, 9.17) is 32.6 Å². The molecule has 0 fully saturated rings. The summed E-state index contributed by atoms with van der Waals surface area (Å²) in [6, 6.07) is 33.1. The number of hydrogen-bond donors (Lipinski definition) is 0. The fourth-order valence-electron chi connectivity index (χ4n) is 8.20. The summed E-state index contributed by atoms with van der Waals surface area (Å²) in [6.07, 6.45) is -0.178. The Morgan fingerprint density at radius 2 is 0.697 bits per heavy atom. The van der Waals surface area contributed by atoms with Gasteiger partial charge in [0.25, 0.3) is 0 Å². The van der Waals surface area contributed by atoms with Crippen molar-refractivity contribution in [1.29, 1.82) is 0 Å². The molecule has 0 N–H and O–H groups in total. The van der Waals surface area contributed by atoms with Crippen molar-refractivity contribution in [3.8, 4) is 0 Å². The van der Waals surface area contributed by atoms with E-state index in [0.717, 1.165) is 100 Å². The van der Waals surface area contributed by atoms with Crippen molar-refractivity contribution in [3.05, 3.63) is 120 Å². The Bertz CT molecular complexity index is 2610. The molecule has 0 radical (unpaired) electrons. The fourth-order valence-corrected chi connectivity index (χ4v) is 8.20. The molecule has 0 spiro atoms. The summed E-state index contributed by atoms with van der Waals surface area (Å²) in [6.45, 7) is 20.6. The van der Waals surface area contributed by atoms with Crippen LogP contribution in [-0.4, -0.2) is 112 Å². The number of carbonyl (C=O) groups excluding carboxylic acids is 1. The van der Waals surface area contributed by atoms with Gasteiger partial charge in [0.2, 0.25) is 6.41 Å². The van der Waals surface area contributed by atoms with E-state index in [1.54, 1.807) is 14.1 Å². The molecule has 1 amide bonds. The van der Waals surface area contributed by atoms with E-state index in [2.05, 4.69) is 129 Å². The molecule has 13 nitrogen and oxygen atoms in total. The summed E-state index contributed by atoms with van der Waals surface area (Å²) in [5, 5.41) is 14.6. The summed E-state index contributed by atoms with van der Waals surface area (Å²) in [5.74, 6) is 3.82. The van der Waals surface area contributed by atoms with Crippen LogP contribution in [0.3, 0.4) is 0 Å². The zero-order valence-corrected chi connectivity index (χ0v) is 47.0. The van der Waals surface area contributed by atoms with Gasteiger partial charge in [-0.1, -0.05) is 69.3 Å². The maximum Gasteiger partial charge on any atom is 2.00 e. The third-order valence-corrected chi connectivity index (χ3v) is 10.8. The molecule has 0 unspecified atom stereocenters. The third-order valence-electron chi connectivity index (χ3n) is 10.8. The van der Waals surface area contributed by atoms with Gasteiger partial charge in [-0.2, -0.15) is 4.75 Å². The van der Waals surface area contributed by atoms with E-state index in [-0.39, 0.29) is 38.9 Å². The molecular weight excluding hydrogens is 1100 g/mol. The zero-order chi connectivity index (χ0) is 55.0. The minimum atomic E-state index is -6.00. The number of hydrogen-bond acceptors (Lipinski definition) is 9. The van der Waals surface area contributed by atoms with Crippen LogP contribution in [0.2, 0.25) is 0 Å². The monoisotopic (exact) mass is 1170 g/mol. The molecule has 8 aromatic rings. The van der Waals surface area contributed by atoms with E-state index in [0.29, 0.717) is 39.3 Å². The van der Waals surface area contributed by atoms with Crippen LogP contribution in [0, 0.1) is 0 Å². The molecule has 76 heavy (non-hydrogen) atoms. The number of carbonyl (C=O) groups is 1. The number of fused-ring (bicyclic) bond motifs is 4. The molecular formula is C50H65B2F8Fe2N11O2S.